The summed E-state index contributed by atoms with van der Waals surface area (Å²) in [6.07, 6.45) is 70.3. The Hall–Kier alpha value is -1.66. The van der Waals surface area contributed by atoms with Crippen LogP contribution in [0.2, 0.25) is 0 Å². The predicted octanol–water partition coefficient (Wildman–Crippen LogP) is 19.0. The fourth-order valence-electron chi connectivity index (χ4n) is 9.51. The SMILES string of the molecule is CCCCCCCC/C=C\CCCCCCCCCC(=O)OCCCCCCCCCC/C=C\CCCCCCCCCC(=O)NC(CO)C(O)CCCCCCCCCCCCCCCCC. The number of hydrogen-bond donors (Lipinski definition) is 3. The van der Waals surface area contributed by atoms with Gasteiger partial charge in [-0.2, -0.15) is 0 Å². The van der Waals surface area contributed by atoms with Gasteiger partial charge in [0.2, 0.25) is 5.91 Å². The first-order chi connectivity index (χ1) is 33.5. The molecule has 6 heteroatoms. The van der Waals surface area contributed by atoms with Crippen molar-refractivity contribution in [3.8, 4) is 0 Å². The van der Waals surface area contributed by atoms with Crippen LogP contribution in [0.5, 0.6) is 0 Å². The number of carbonyl (C=O) groups excluding carboxylic acids is 2. The first-order valence-corrected chi connectivity index (χ1v) is 30.6. The number of carbonyl (C=O) groups is 2. The smallest absolute Gasteiger partial charge is 0.305 e. The zero-order valence-corrected chi connectivity index (χ0v) is 45.9. The van der Waals surface area contributed by atoms with E-state index < -0.39 is 12.1 Å². The zero-order valence-electron chi connectivity index (χ0n) is 45.9. The summed E-state index contributed by atoms with van der Waals surface area (Å²) >= 11 is 0. The number of unbranched alkanes of at least 4 members (excludes halogenated alkanes) is 42. The zero-order chi connectivity index (χ0) is 49.3. The standard InChI is InChI=1S/C62H119NO5/c1-3-5-7-9-11-13-15-17-19-23-28-32-36-40-44-48-52-56-62(67)68-57-53-49-45-41-37-33-29-25-22-20-21-24-27-31-35-39-43-47-51-55-61(66)63-59(58-64)60(65)54-50-46-42-38-34-30-26-18-16-14-12-10-8-6-4-2/h17,19-21,59-60,64-65H,3-16,18,22-58H2,1-2H3,(H,63,66)/b19-17-,21-20-. The highest BCUT2D eigenvalue weighted by Gasteiger charge is 2.20. The topological polar surface area (TPSA) is 95.9 Å². The van der Waals surface area contributed by atoms with Gasteiger partial charge in [-0.25, -0.2) is 0 Å². The summed E-state index contributed by atoms with van der Waals surface area (Å²) < 4.78 is 5.48. The highest BCUT2D eigenvalue weighted by Crippen LogP contribution is 2.17. The van der Waals surface area contributed by atoms with E-state index in [9.17, 15) is 19.8 Å². The van der Waals surface area contributed by atoms with Gasteiger partial charge in [0, 0.05) is 12.8 Å². The Kier molecular flexibility index (Phi) is 56.5. The Bertz CT molecular complexity index is 1060. The van der Waals surface area contributed by atoms with E-state index in [-0.39, 0.29) is 18.5 Å². The van der Waals surface area contributed by atoms with Crippen LogP contribution in [0, 0.1) is 0 Å². The van der Waals surface area contributed by atoms with E-state index in [1.807, 2.05) is 0 Å². The Morgan fingerprint density at radius 2 is 0.691 bits per heavy atom. The minimum atomic E-state index is -0.670. The van der Waals surface area contributed by atoms with Crippen LogP contribution in [0.15, 0.2) is 24.3 Å². The normalized spacial score (nSPS) is 12.7. The quantitative estimate of drug-likeness (QED) is 0.0321. The lowest BCUT2D eigenvalue weighted by Gasteiger charge is -2.22. The maximum atomic E-state index is 12.5. The second-order valence-corrected chi connectivity index (χ2v) is 21.0. The Balaban J connectivity index is 3.42. The van der Waals surface area contributed by atoms with Crippen molar-refractivity contribution >= 4 is 11.9 Å². The number of ether oxygens (including phenoxy) is 1. The van der Waals surface area contributed by atoms with E-state index in [4.69, 9.17) is 4.74 Å². The third-order valence-corrected chi connectivity index (χ3v) is 14.2. The minimum absolute atomic E-state index is 0.00104. The number of esters is 1. The lowest BCUT2D eigenvalue weighted by Crippen LogP contribution is -2.45. The molecule has 1 amide bonds. The summed E-state index contributed by atoms with van der Waals surface area (Å²) in [5.74, 6) is -0.0420. The van der Waals surface area contributed by atoms with E-state index in [1.54, 1.807) is 0 Å². The molecule has 2 unspecified atom stereocenters. The first-order valence-electron chi connectivity index (χ1n) is 30.6. The average molecular weight is 959 g/mol. The van der Waals surface area contributed by atoms with Gasteiger partial charge in [0.25, 0.3) is 0 Å². The van der Waals surface area contributed by atoms with Crippen LogP contribution in [0.4, 0.5) is 0 Å². The maximum absolute atomic E-state index is 12.5. The Morgan fingerprint density at radius 3 is 1.04 bits per heavy atom. The van der Waals surface area contributed by atoms with Crippen LogP contribution in [0.3, 0.4) is 0 Å². The molecule has 0 aliphatic carbocycles. The van der Waals surface area contributed by atoms with Gasteiger partial charge in [0.1, 0.15) is 0 Å². The molecule has 0 aromatic carbocycles. The van der Waals surface area contributed by atoms with Crippen molar-refractivity contribution in [2.75, 3.05) is 13.2 Å². The van der Waals surface area contributed by atoms with Crippen molar-refractivity contribution in [3.05, 3.63) is 24.3 Å². The fourth-order valence-corrected chi connectivity index (χ4v) is 9.51. The predicted molar refractivity (Wildman–Crippen MR) is 296 cm³/mol. The molecule has 0 rings (SSSR count). The molecule has 0 spiro atoms. The third kappa shape index (κ3) is 53.7. The lowest BCUT2D eigenvalue weighted by atomic mass is 10.0. The van der Waals surface area contributed by atoms with Crippen molar-refractivity contribution in [1.82, 2.24) is 5.32 Å². The Morgan fingerprint density at radius 1 is 0.397 bits per heavy atom. The van der Waals surface area contributed by atoms with Gasteiger partial charge in [-0.15, -0.1) is 0 Å². The number of allylic oxidation sites excluding steroid dienone is 4. The molecule has 3 N–H and O–H groups in total. The molecule has 0 saturated carbocycles. The largest absolute Gasteiger partial charge is 0.466 e. The van der Waals surface area contributed by atoms with Crippen molar-refractivity contribution in [3.63, 3.8) is 0 Å². The number of hydrogen-bond acceptors (Lipinski definition) is 5. The number of amides is 1. The number of aliphatic hydroxyl groups is 2. The van der Waals surface area contributed by atoms with Crippen molar-refractivity contribution in [1.29, 1.82) is 0 Å². The van der Waals surface area contributed by atoms with Gasteiger partial charge in [-0.05, 0) is 77.0 Å². The molecule has 0 fully saturated rings. The molecule has 0 heterocycles. The highest BCUT2D eigenvalue weighted by molar-refractivity contribution is 5.76. The van der Waals surface area contributed by atoms with Gasteiger partial charge in [-0.1, -0.05) is 269 Å². The average Bonchev–Trinajstić information content (AvgIpc) is 3.34. The number of aliphatic hydroxyl groups excluding tert-OH is 2. The summed E-state index contributed by atoms with van der Waals surface area (Å²) in [7, 11) is 0. The van der Waals surface area contributed by atoms with E-state index in [2.05, 4.69) is 43.5 Å². The van der Waals surface area contributed by atoms with E-state index in [0.717, 1.165) is 44.9 Å². The molecular formula is C62H119NO5. The maximum Gasteiger partial charge on any atom is 0.305 e. The molecule has 402 valence electrons. The second-order valence-electron chi connectivity index (χ2n) is 21.0. The van der Waals surface area contributed by atoms with Crippen LogP contribution in [0.1, 0.15) is 335 Å². The summed E-state index contributed by atoms with van der Waals surface area (Å²) in [6, 6.07) is -0.548. The second kappa shape index (κ2) is 57.9. The number of nitrogens with one attached hydrogen (secondary N) is 1. The van der Waals surface area contributed by atoms with Crippen LogP contribution in [0.25, 0.3) is 0 Å². The monoisotopic (exact) mass is 958 g/mol. The third-order valence-electron chi connectivity index (χ3n) is 14.2. The van der Waals surface area contributed by atoms with Gasteiger partial charge in [0.15, 0.2) is 0 Å². The molecular weight excluding hydrogens is 839 g/mol. The molecule has 68 heavy (non-hydrogen) atoms. The van der Waals surface area contributed by atoms with E-state index in [1.165, 1.54) is 257 Å². The van der Waals surface area contributed by atoms with Gasteiger partial charge in [0.05, 0.1) is 25.4 Å². The molecule has 0 radical (unpaired) electrons. The number of rotatable bonds is 57. The van der Waals surface area contributed by atoms with Gasteiger partial charge in [-0.3, -0.25) is 9.59 Å². The van der Waals surface area contributed by atoms with Crippen LogP contribution in [-0.2, 0) is 14.3 Å². The van der Waals surface area contributed by atoms with Crippen LogP contribution in [-0.4, -0.2) is 47.4 Å². The molecule has 0 saturated heterocycles. The summed E-state index contributed by atoms with van der Waals surface area (Å²) in [5.41, 5.74) is 0. The molecule has 2 atom stereocenters. The van der Waals surface area contributed by atoms with Gasteiger partial charge >= 0.3 is 5.97 Å². The molecule has 0 bridgehead atoms. The molecule has 0 aliphatic heterocycles. The molecule has 0 aliphatic rings. The lowest BCUT2D eigenvalue weighted by molar-refractivity contribution is -0.143. The molecule has 0 aromatic heterocycles. The first kappa shape index (κ1) is 66.3. The van der Waals surface area contributed by atoms with Crippen molar-refractivity contribution in [2.24, 2.45) is 0 Å². The summed E-state index contributed by atoms with van der Waals surface area (Å²) in [4.78, 5) is 24.6. The Labute approximate surface area is 424 Å². The van der Waals surface area contributed by atoms with Crippen LogP contribution < -0.4 is 5.32 Å². The fraction of sp³-hybridized carbons (Fsp3) is 0.903. The molecule has 0 aromatic rings. The molecule has 6 nitrogen and oxygen atoms in total. The van der Waals surface area contributed by atoms with Crippen molar-refractivity contribution < 1.29 is 24.5 Å². The highest BCUT2D eigenvalue weighted by atomic mass is 16.5. The van der Waals surface area contributed by atoms with Gasteiger partial charge < -0.3 is 20.3 Å². The van der Waals surface area contributed by atoms with E-state index >= 15 is 0 Å². The van der Waals surface area contributed by atoms with Crippen LogP contribution >= 0.6 is 0 Å². The summed E-state index contributed by atoms with van der Waals surface area (Å²) in [5, 5.41) is 23.3. The van der Waals surface area contributed by atoms with E-state index in [0.29, 0.717) is 25.9 Å². The minimum Gasteiger partial charge on any atom is -0.466 e. The summed E-state index contributed by atoms with van der Waals surface area (Å²) in [6.45, 7) is 4.95. The van der Waals surface area contributed by atoms with Crippen molar-refractivity contribution in [2.45, 2.75) is 347 Å².